The van der Waals surface area contributed by atoms with Crippen LogP contribution in [0.3, 0.4) is 0 Å². The molecule has 0 radical (unpaired) electrons. The van der Waals surface area contributed by atoms with Gasteiger partial charge in [0.05, 0.1) is 18.6 Å². The summed E-state index contributed by atoms with van der Waals surface area (Å²) in [7, 11) is 1.42. The number of β-amino-alcohol motifs (C(OH)–C–C–N with tert-alkyl or cyclic N) is 1. The molecule has 2 atom stereocenters. The zero-order valence-electron chi connectivity index (χ0n) is 9.82. The van der Waals surface area contributed by atoms with Gasteiger partial charge in [-0.15, -0.1) is 0 Å². The Balaban J connectivity index is 2.40. The van der Waals surface area contributed by atoms with E-state index in [1.807, 2.05) is 13.8 Å². The summed E-state index contributed by atoms with van der Waals surface area (Å²) >= 11 is 0. The lowest BCUT2D eigenvalue weighted by atomic mass is 10.0. The highest BCUT2D eigenvalue weighted by molar-refractivity contribution is 5.72. The van der Waals surface area contributed by atoms with Gasteiger partial charge in [-0.2, -0.15) is 0 Å². The Labute approximate surface area is 91.2 Å². The van der Waals surface area contributed by atoms with Crippen LogP contribution in [0.5, 0.6) is 0 Å². The molecule has 0 amide bonds. The summed E-state index contributed by atoms with van der Waals surface area (Å²) in [6, 6.07) is 0. The number of aliphatic hydroxyl groups is 1. The standard InChI is InChI=1S/C11H21NO3/c1-4-11(2,14)8-12-6-5-9(7-12)10(13)15-3/h9,14H,4-8H2,1-3H3. The topological polar surface area (TPSA) is 49.8 Å². The smallest absolute Gasteiger partial charge is 0.310 e. The van der Waals surface area contributed by atoms with Crippen LogP contribution in [0.4, 0.5) is 0 Å². The highest BCUT2D eigenvalue weighted by atomic mass is 16.5. The Hall–Kier alpha value is -0.610. The minimum Gasteiger partial charge on any atom is -0.469 e. The number of hydrogen-bond acceptors (Lipinski definition) is 4. The predicted octanol–water partition coefficient (Wildman–Crippen LogP) is 0.642. The highest BCUT2D eigenvalue weighted by Crippen LogP contribution is 2.20. The molecule has 4 nitrogen and oxygen atoms in total. The second kappa shape index (κ2) is 4.94. The van der Waals surface area contributed by atoms with Gasteiger partial charge in [-0.25, -0.2) is 0 Å². The van der Waals surface area contributed by atoms with Gasteiger partial charge in [0.25, 0.3) is 0 Å². The average molecular weight is 215 g/mol. The van der Waals surface area contributed by atoms with E-state index >= 15 is 0 Å². The summed E-state index contributed by atoms with van der Waals surface area (Å²) in [5.41, 5.74) is -0.648. The third kappa shape index (κ3) is 3.47. The van der Waals surface area contributed by atoms with Crippen LogP contribution in [0.25, 0.3) is 0 Å². The fraction of sp³-hybridized carbons (Fsp3) is 0.909. The van der Waals surface area contributed by atoms with Gasteiger partial charge in [-0.05, 0) is 26.3 Å². The summed E-state index contributed by atoms with van der Waals surface area (Å²) in [5, 5.41) is 9.91. The van der Waals surface area contributed by atoms with E-state index in [0.717, 1.165) is 19.4 Å². The third-order valence-corrected chi connectivity index (χ3v) is 3.13. The van der Waals surface area contributed by atoms with E-state index in [2.05, 4.69) is 4.90 Å². The molecule has 88 valence electrons. The molecule has 0 aromatic carbocycles. The molecule has 2 unspecified atom stereocenters. The minimum absolute atomic E-state index is 0.0114. The van der Waals surface area contributed by atoms with E-state index < -0.39 is 5.60 Å². The van der Waals surface area contributed by atoms with Crippen molar-refractivity contribution >= 4 is 5.97 Å². The first-order chi connectivity index (χ1) is 6.98. The lowest BCUT2D eigenvalue weighted by Crippen LogP contribution is -2.39. The largest absolute Gasteiger partial charge is 0.469 e. The van der Waals surface area contributed by atoms with Crippen LogP contribution in [-0.4, -0.2) is 48.3 Å². The monoisotopic (exact) mass is 215 g/mol. The molecule has 0 saturated carbocycles. The van der Waals surface area contributed by atoms with Crippen LogP contribution < -0.4 is 0 Å². The molecule has 0 bridgehead atoms. The second-order valence-corrected chi connectivity index (χ2v) is 4.59. The molecule has 0 aromatic rings. The molecule has 0 aromatic heterocycles. The van der Waals surface area contributed by atoms with Crippen LogP contribution in [0.15, 0.2) is 0 Å². The summed E-state index contributed by atoms with van der Waals surface area (Å²) in [6.45, 7) is 6.02. The maximum absolute atomic E-state index is 11.3. The van der Waals surface area contributed by atoms with Gasteiger partial charge in [-0.3, -0.25) is 9.69 Å². The summed E-state index contributed by atoms with van der Waals surface area (Å²) < 4.78 is 4.71. The van der Waals surface area contributed by atoms with Crippen LogP contribution in [0.2, 0.25) is 0 Å². The molecule has 1 rings (SSSR count). The number of carbonyl (C=O) groups is 1. The first-order valence-electron chi connectivity index (χ1n) is 5.51. The van der Waals surface area contributed by atoms with Crippen molar-refractivity contribution < 1.29 is 14.6 Å². The first kappa shape index (κ1) is 12.5. The Morgan fingerprint density at radius 1 is 1.67 bits per heavy atom. The molecular weight excluding hydrogens is 194 g/mol. The zero-order chi connectivity index (χ0) is 11.5. The predicted molar refractivity (Wildman–Crippen MR) is 57.5 cm³/mol. The Morgan fingerprint density at radius 2 is 2.33 bits per heavy atom. The molecule has 1 aliphatic rings. The van der Waals surface area contributed by atoms with E-state index in [0.29, 0.717) is 13.1 Å². The van der Waals surface area contributed by atoms with Crippen LogP contribution >= 0.6 is 0 Å². The average Bonchev–Trinajstić information content (AvgIpc) is 2.64. The molecule has 4 heteroatoms. The van der Waals surface area contributed by atoms with E-state index in [-0.39, 0.29) is 11.9 Å². The molecular formula is C11H21NO3. The first-order valence-corrected chi connectivity index (χ1v) is 5.51. The van der Waals surface area contributed by atoms with Gasteiger partial charge in [0.2, 0.25) is 0 Å². The molecule has 1 N–H and O–H groups in total. The van der Waals surface area contributed by atoms with Gasteiger partial charge >= 0.3 is 5.97 Å². The number of carbonyl (C=O) groups excluding carboxylic acids is 1. The third-order valence-electron chi connectivity index (χ3n) is 3.13. The molecule has 0 aliphatic carbocycles. The van der Waals surface area contributed by atoms with Gasteiger partial charge in [-0.1, -0.05) is 6.92 Å². The van der Waals surface area contributed by atoms with Gasteiger partial charge < -0.3 is 9.84 Å². The molecule has 1 saturated heterocycles. The summed E-state index contributed by atoms with van der Waals surface area (Å²) in [6.07, 6.45) is 1.57. The fourth-order valence-electron chi connectivity index (χ4n) is 1.93. The van der Waals surface area contributed by atoms with Crippen molar-refractivity contribution in [3.8, 4) is 0 Å². The van der Waals surface area contributed by atoms with E-state index in [1.165, 1.54) is 7.11 Å². The lowest BCUT2D eigenvalue weighted by Gasteiger charge is -2.27. The van der Waals surface area contributed by atoms with Gasteiger partial charge in [0, 0.05) is 13.1 Å². The Bertz CT molecular complexity index is 228. The van der Waals surface area contributed by atoms with Crippen molar-refractivity contribution in [2.75, 3.05) is 26.7 Å². The van der Waals surface area contributed by atoms with E-state index in [9.17, 15) is 9.90 Å². The van der Waals surface area contributed by atoms with Crippen molar-refractivity contribution in [2.45, 2.75) is 32.3 Å². The number of likely N-dealkylation sites (tertiary alicyclic amines) is 1. The molecule has 0 spiro atoms. The van der Waals surface area contributed by atoms with Crippen molar-refractivity contribution in [3.63, 3.8) is 0 Å². The minimum atomic E-state index is -0.648. The second-order valence-electron chi connectivity index (χ2n) is 4.59. The van der Waals surface area contributed by atoms with E-state index in [4.69, 9.17) is 4.74 Å². The Kier molecular flexibility index (Phi) is 4.11. The molecule has 1 fully saturated rings. The van der Waals surface area contributed by atoms with Crippen molar-refractivity contribution in [1.29, 1.82) is 0 Å². The molecule has 15 heavy (non-hydrogen) atoms. The maximum Gasteiger partial charge on any atom is 0.310 e. The molecule has 1 heterocycles. The number of methoxy groups -OCH3 is 1. The Morgan fingerprint density at radius 3 is 2.87 bits per heavy atom. The number of nitrogens with zero attached hydrogens (tertiary/aromatic N) is 1. The number of hydrogen-bond donors (Lipinski definition) is 1. The van der Waals surface area contributed by atoms with E-state index in [1.54, 1.807) is 0 Å². The van der Waals surface area contributed by atoms with Crippen LogP contribution in [0.1, 0.15) is 26.7 Å². The normalized spacial score (nSPS) is 26.3. The molecule has 1 aliphatic heterocycles. The van der Waals surface area contributed by atoms with Crippen molar-refractivity contribution in [2.24, 2.45) is 5.92 Å². The fourth-order valence-corrected chi connectivity index (χ4v) is 1.93. The van der Waals surface area contributed by atoms with Crippen LogP contribution in [0, 0.1) is 5.92 Å². The van der Waals surface area contributed by atoms with Crippen LogP contribution in [-0.2, 0) is 9.53 Å². The zero-order valence-corrected chi connectivity index (χ0v) is 9.82. The summed E-state index contributed by atoms with van der Waals surface area (Å²) in [4.78, 5) is 13.4. The number of rotatable bonds is 4. The number of esters is 1. The SMILES string of the molecule is CCC(C)(O)CN1CCC(C(=O)OC)C1. The quantitative estimate of drug-likeness (QED) is 0.699. The van der Waals surface area contributed by atoms with Gasteiger partial charge in [0.1, 0.15) is 0 Å². The van der Waals surface area contributed by atoms with Crippen molar-refractivity contribution in [1.82, 2.24) is 4.90 Å². The summed E-state index contributed by atoms with van der Waals surface area (Å²) in [5.74, 6) is -0.142. The van der Waals surface area contributed by atoms with Gasteiger partial charge in [0.15, 0.2) is 0 Å². The number of ether oxygens (including phenoxy) is 1. The highest BCUT2D eigenvalue weighted by Gasteiger charge is 2.32. The maximum atomic E-state index is 11.3. The lowest BCUT2D eigenvalue weighted by molar-refractivity contribution is -0.145. The van der Waals surface area contributed by atoms with Crippen molar-refractivity contribution in [3.05, 3.63) is 0 Å².